The third-order valence-corrected chi connectivity index (χ3v) is 1.88. The van der Waals surface area contributed by atoms with Crippen molar-refractivity contribution < 1.29 is 0 Å². The zero-order chi connectivity index (χ0) is 9.42. The summed E-state index contributed by atoms with van der Waals surface area (Å²) in [6, 6.07) is 3.43. The van der Waals surface area contributed by atoms with Crippen LogP contribution in [0.2, 0.25) is 0 Å². The van der Waals surface area contributed by atoms with Crippen LogP contribution in [-0.2, 0) is 7.05 Å². The first-order valence-corrected chi connectivity index (χ1v) is 3.74. The standard InChI is InChI=1S/C8H7N3O2/c1-11-5-3-2-4-9-6(5)10-7(12)8(11)13/h2-4H,1H3,(H,9,10,12). The quantitative estimate of drug-likeness (QED) is 0.558. The van der Waals surface area contributed by atoms with Crippen LogP contribution in [0.5, 0.6) is 0 Å². The second kappa shape index (κ2) is 2.55. The molecule has 0 spiro atoms. The van der Waals surface area contributed by atoms with Gasteiger partial charge >= 0.3 is 11.1 Å². The van der Waals surface area contributed by atoms with Gasteiger partial charge in [0.1, 0.15) is 0 Å². The Hall–Kier alpha value is -1.91. The molecule has 0 aromatic carbocycles. The number of aromatic nitrogens is 3. The van der Waals surface area contributed by atoms with E-state index in [9.17, 15) is 9.59 Å². The Morgan fingerprint density at radius 1 is 1.46 bits per heavy atom. The Morgan fingerprint density at radius 2 is 2.23 bits per heavy atom. The summed E-state index contributed by atoms with van der Waals surface area (Å²) in [6.07, 6.45) is 1.56. The van der Waals surface area contributed by atoms with Crippen LogP contribution in [0.1, 0.15) is 0 Å². The van der Waals surface area contributed by atoms with Gasteiger partial charge in [-0.05, 0) is 12.1 Å². The number of aromatic amines is 1. The van der Waals surface area contributed by atoms with E-state index in [1.165, 1.54) is 4.57 Å². The van der Waals surface area contributed by atoms with Crippen LogP contribution in [0.4, 0.5) is 0 Å². The zero-order valence-electron chi connectivity index (χ0n) is 6.94. The minimum Gasteiger partial charge on any atom is -0.304 e. The molecule has 0 aliphatic heterocycles. The Balaban J connectivity index is 3.11. The maximum atomic E-state index is 11.2. The number of fused-ring (bicyclic) bond motifs is 1. The molecule has 2 aromatic rings. The van der Waals surface area contributed by atoms with Crippen molar-refractivity contribution in [2.24, 2.45) is 7.05 Å². The number of rotatable bonds is 0. The van der Waals surface area contributed by atoms with Crippen LogP contribution in [-0.4, -0.2) is 14.5 Å². The van der Waals surface area contributed by atoms with Crippen molar-refractivity contribution in [1.82, 2.24) is 14.5 Å². The van der Waals surface area contributed by atoms with E-state index in [4.69, 9.17) is 0 Å². The predicted molar refractivity (Wildman–Crippen MR) is 47.6 cm³/mol. The number of nitrogens with one attached hydrogen (secondary N) is 1. The topological polar surface area (TPSA) is 67.8 Å². The molecule has 0 fully saturated rings. The van der Waals surface area contributed by atoms with Gasteiger partial charge in [-0.1, -0.05) is 0 Å². The maximum Gasteiger partial charge on any atom is 0.316 e. The number of H-pyrrole nitrogens is 1. The number of aryl methyl sites for hydroxylation is 1. The van der Waals surface area contributed by atoms with E-state index in [0.717, 1.165) is 0 Å². The summed E-state index contributed by atoms with van der Waals surface area (Å²) in [5.74, 6) is 0. The van der Waals surface area contributed by atoms with Crippen molar-refractivity contribution in [2.45, 2.75) is 0 Å². The van der Waals surface area contributed by atoms with Gasteiger partial charge < -0.3 is 9.55 Å². The average molecular weight is 177 g/mol. The normalized spacial score (nSPS) is 10.5. The first-order valence-electron chi connectivity index (χ1n) is 3.74. The van der Waals surface area contributed by atoms with Crippen LogP contribution in [0.3, 0.4) is 0 Å². The van der Waals surface area contributed by atoms with Crippen molar-refractivity contribution in [2.75, 3.05) is 0 Å². The second-order valence-electron chi connectivity index (χ2n) is 2.69. The third kappa shape index (κ3) is 1.05. The lowest BCUT2D eigenvalue weighted by Gasteiger charge is -2.00. The number of pyridine rings is 1. The summed E-state index contributed by atoms with van der Waals surface area (Å²) >= 11 is 0. The molecule has 5 heteroatoms. The SMILES string of the molecule is Cn1c(=O)c(=O)[nH]c2ncccc21. The van der Waals surface area contributed by atoms with Crippen molar-refractivity contribution in [1.29, 1.82) is 0 Å². The van der Waals surface area contributed by atoms with Crippen molar-refractivity contribution in [3.8, 4) is 0 Å². The molecule has 0 bridgehead atoms. The molecule has 13 heavy (non-hydrogen) atoms. The molecule has 5 nitrogen and oxygen atoms in total. The van der Waals surface area contributed by atoms with Gasteiger partial charge in [0.2, 0.25) is 0 Å². The Kier molecular flexibility index (Phi) is 1.51. The highest BCUT2D eigenvalue weighted by Gasteiger charge is 2.02. The molecule has 0 unspecified atom stereocenters. The molecule has 2 heterocycles. The minimum atomic E-state index is -0.645. The summed E-state index contributed by atoms with van der Waals surface area (Å²) in [5.41, 5.74) is -0.170. The van der Waals surface area contributed by atoms with Gasteiger partial charge in [0, 0.05) is 13.2 Å². The van der Waals surface area contributed by atoms with Gasteiger partial charge in [-0.3, -0.25) is 9.59 Å². The molecular weight excluding hydrogens is 170 g/mol. The highest BCUT2D eigenvalue weighted by atomic mass is 16.2. The fourth-order valence-corrected chi connectivity index (χ4v) is 1.19. The highest BCUT2D eigenvalue weighted by Crippen LogP contribution is 2.00. The minimum absolute atomic E-state index is 0.426. The molecule has 0 radical (unpaired) electrons. The summed E-state index contributed by atoms with van der Waals surface area (Å²) in [5, 5.41) is 0. The summed E-state index contributed by atoms with van der Waals surface area (Å²) in [4.78, 5) is 28.5. The Labute approximate surface area is 72.7 Å². The van der Waals surface area contributed by atoms with Gasteiger partial charge in [-0.15, -0.1) is 0 Å². The molecule has 2 aromatic heterocycles. The second-order valence-corrected chi connectivity index (χ2v) is 2.69. The average Bonchev–Trinajstić information content (AvgIpc) is 2.15. The van der Waals surface area contributed by atoms with E-state index in [1.54, 1.807) is 25.4 Å². The lowest BCUT2D eigenvalue weighted by atomic mass is 10.4. The number of hydrogen-bond acceptors (Lipinski definition) is 3. The summed E-state index contributed by atoms with van der Waals surface area (Å²) < 4.78 is 1.28. The van der Waals surface area contributed by atoms with Crippen molar-refractivity contribution in [3.63, 3.8) is 0 Å². The number of nitrogens with zero attached hydrogens (tertiary/aromatic N) is 2. The van der Waals surface area contributed by atoms with Crippen LogP contribution in [0.25, 0.3) is 11.2 Å². The molecule has 1 N–H and O–H groups in total. The summed E-state index contributed by atoms with van der Waals surface area (Å²) in [7, 11) is 1.54. The monoisotopic (exact) mass is 177 g/mol. The fourth-order valence-electron chi connectivity index (χ4n) is 1.19. The van der Waals surface area contributed by atoms with Gasteiger partial charge in [0.25, 0.3) is 0 Å². The largest absolute Gasteiger partial charge is 0.316 e. The molecule has 0 aliphatic carbocycles. The molecule has 0 aliphatic rings. The molecule has 0 amide bonds. The van der Waals surface area contributed by atoms with Gasteiger partial charge in [0.05, 0.1) is 5.52 Å². The van der Waals surface area contributed by atoms with E-state index in [-0.39, 0.29) is 0 Å². The highest BCUT2D eigenvalue weighted by molar-refractivity contribution is 5.68. The third-order valence-electron chi connectivity index (χ3n) is 1.88. The van der Waals surface area contributed by atoms with Crippen LogP contribution in [0, 0.1) is 0 Å². The van der Waals surface area contributed by atoms with E-state index >= 15 is 0 Å². The maximum absolute atomic E-state index is 11.2. The lowest BCUT2D eigenvalue weighted by molar-refractivity contribution is 0.868. The molecule has 0 atom stereocenters. The van der Waals surface area contributed by atoms with Crippen molar-refractivity contribution in [3.05, 3.63) is 39.0 Å². The fraction of sp³-hybridized carbons (Fsp3) is 0.125. The number of hydrogen-bond donors (Lipinski definition) is 1. The molecular formula is C8H7N3O2. The zero-order valence-corrected chi connectivity index (χ0v) is 6.94. The lowest BCUT2D eigenvalue weighted by Crippen LogP contribution is -2.34. The van der Waals surface area contributed by atoms with E-state index in [2.05, 4.69) is 9.97 Å². The summed E-state index contributed by atoms with van der Waals surface area (Å²) in [6.45, 7) is 0. The van der Waals surface area contributed by atoms with Crippen LogP contribution < -0.4 is 11.1 Å². The van der Waals surface area contributed by atoms with Gasteiger partial charge in [-0.2, -0.15) is 0 Å². The van der Waals surface area contributed by atoms with E-state index < -0.39 is 11.1 Å². The predicted octanol–water partition coefficient (Wildman–Crippen LogP) is -0.378. The van der Waals surface area contributed by atoms with Crippen molar-refractivity contribution >= 4 is 11.2 Å². The molecule has 0 saturated heterocycles. The van der Waals surface area contributed by atoms with Crippen LogP contribution >= 0.6 is 0 Å². The van der Waals surface area contributed by atoms with Gasteiger partial charge in [0.15, 0.2) is 5.65 Å². The first-order chi connectivity index (χ1) is 6.20. The molecule has 0 saturated carbocycles. The van der Waals surface area contributed by atoms with Crippen LogP contribution in [0.15, 0.2) is 27.9 Å². The molecule has 66 valence electrons. The van der Waals surface area contributed by atoms with Gasteiger partial charge in [-0.25, -0.2) is 4.98 Å². The van der Waals surface area contributed by atoms with E-state index in [0.29, 0.717) is 11.2 Å². The Morgan fingerprint density at radius 3 is 3.00 bits per heavy atom. The van der Waals surface area contributed by atoms with E-state index in [1.807, 2.05) is 0 Å². The first kappa shape index (κ1) is 7.72. The smallest absolute Gasteiger partial charge is 0.304 e. The molecule has 2 rings (SSSR count). The Bertz CT molecular complexity index is 567.